The maximum Gasteiger partial charge on any atom is 0.346 e. The molecule has 0 N–H and O–H groups in total. The third-order valence-corrected chi connectivity index (χ3v) is 5.78. The van der Waals surface area contributed by atoms with Crippen molar-refractivity contribution in [2.24, 2.45) is 5.92 Å². The van der Waals surface area contributed by atoms with E-state index in [1.54, 1.807) is 0 Å². The zero-order valence-corrected chi connectivity index (χ0v) is 16.5. The maximum atomic E-state index is 13.6. The molecule has 2 unspecified atom stereocenters. The van der Waals surface area contributed by atoms with E-state index in [9.17, 15) is 22.8 Å². The van der Waals surface area contributed by atoms with Gasteiger partial charge in [-0.3, -0.25) is 9.36 Å². The Labute approximate surface area is 169 Å². The summed E-state index contributed by atoms with van der Waals surface area (Å²) in [6.07, 6.45) is 0.529. The lowest BCUT2D eigenvalue weighted by Crippen LogP contribution is -2.43. The highest BCUT2D eigenvalue weighted by Gasteiger charge is 2.44. The zero-order chi connectivity index (χ0) is 20.9. The number of benzene rings is 1. The lowest BCUT2D eigenvalue weighted by Gasteiger charge is -2.30. The van der Waals surface area contributed by atoms with Crippen LogP contribution in [0, 0.1) is 11.7 Å². The van der Waals surface area contributed by atoms with Gasteiger partial charge in [0.2, 0.25) is 5.91 Å². The van der Waals surface area contributed by atoms with Crippen LogP contribution in [0.5, 0.6) is 0 Å². The molecule has 0 saturated carbocycles. The molecule has 6 nitrogen and oxygen atoms in total. The Morgan fingerprint density at radius 2 is 2.14 bits per heavy atom. The highest BCUT2D eigenvalue weighted by molar-refractivity contribution is 6.30. The molecule has 1 saturated heterocycles. The summed E-state index contributed by atoms with van der Waals surface area (Å²) in [5, 5.41) is 4.29. The molecule has 4 rings (SSSR count). The highest BCUT2D eigenvalue weighted by Crippen LogP contribution is 2.32. The minimum atomic E-state index is -2.89. The summed E-state index contributed by atoms with van der Waals surface area (Å²) in [6, 6.07) is 3.28. The van der Waals surface area contributed by atoms with Crippen molar-refractivity contribution >= 4 is 17.5 Å². The highest BCUT2D eigenvalue weighted by atomic mass is 35.5. The summed E-state index contributed by atoms with van der Waals surface area (Å²) >= 11 is 5.80. The molecular formula is C19H20ClF3N4O2. The molecule has 29 heavy (non-hydrogen) atoms. The Bertz CT molecular complexity index is 1020. The van der Waals surface area contributed by atoms with Gasteiger partial charge in [0.25, 0.3) is 5.92 Å². The van der Waals surface area contributed by atoms with E-state index >= 15 is 0 Å². The first-order chi connectivity index (χ1) is 13.6. The molecule has 0 bridgehead atoms. The van der Waals surface area contributed by atoms with Crippen LogP contribution in [-0.2, 0) is 17.8 Å². The molecule has 156 valence electrons. The number of fused-ring (bicyclic) bond motifs is 1. The SMILES string of the molecule is CC1Cc2nn(Cc3ccc(F)c(Cl)c3)c(=O)n2C(C(=O)N2CCC(F)(F)C2)C1. The number of amides is 1. The van der Waals surface area contributed by atoms with Crippen LogP contribution in [-0.4, -0.2) is 44.2 Å². The standard InChI is InChI=1S/C19H20ClF3N4O2/c1-11-6-15(17(28)25-5-4-19(22,23)10-25)27-16(7-11)24-26(18(27)29)9-12-2-3-14(21)13(20)8-12/h2-3,8,11,15H,4-7,9-10H2,1H3. The molecule has 1 fully saturated rings. The Morgan fingerprint density at radius 3 is 2.79 bits per heavy atom. The predicted molar refractivity (Wildman–Crippen MR) is 99.7 cm³/mol. The van der Waals surface area contributed by atoms with E-state index in [4.69, 9.17) is 11.6 Å². The van der Waals surface area contributed by atoms with Gasteiger partial charge in [0.1, 0.15) is 17.7 Å². The van der Waals surface area contributed by atoms with Crippen molar-refractivity contribution in [1.82, 2.24) is 19.2 Å². The van der Waals surface area contributed by atoms with Crippen molar-refractivity contribution in [1.29, 1.82) is 0 Å². The van der Waals surface area contributed by atoms with Crippen LogP contribution < -0.4 is 5.69 Å². The van der Waals surface area contributed by atoms with E-state index in [0.29, 0.717) is 24.2 Å². The maximum absolute atomic E-state index is 13.6. The number of alkyl halides is 2. The van der Waals surface area contributed by atoms with Crippen LogP contribution in [0.15, 0.2) is 23.0 Å². The van der Waals surface area contributed by atoms with Gasteiger partial charge in [-0.25, -0.2) is 22.6 Å². The van der Waals surface area contributed by atoms with Crippen LogP contribution in [0.4, 0.5) is 13.2 Å². The number of nitrogens with zero attached hydrogens (tertiary/aromatic N) is 4. The molecular weight excluding hydrogens is 409 g/mol. The van der Waals surface area contributed by atoms with E-state index in [2.05, 4.69) is 5.10 Å². The smallest absolute Gasteiger partial charge is 0.335 e. The Balaban J connectivity index is 1.65. The van der Waals surface area contributed by atoms with Crippen LogP contribution in [0.2, 0.25) is 5.02 Å². The normalized spacial score (nSPS) is 23.3. The second kappa shape index (κ2) is 7.19. The number of carbonyl (C=O) groups excluding carboxylic acids is 1. The molecule has 1 amide bonds. The average Bonchev–Trinajstić information content (AvgIpc) is 3.16. The van der Waals surface area contributed by atoms with Gasteiger partial charge >= 0.3 is 5.69 Å². The predicted octanol–water partition coefficient (Wildman–Crippen LogP) is 2.88. The summed E-state index contributed by atoms with van der Waals surface area (Å²) in [5.74, 6) is -3.40. The number of likely N-dealkylation sites (tertiary alicyclic amines) is 1. The van der Waals surface area contributed by atoms with Gasteiger partial charge in [-0.2, -0.15) is 5.10 Å². The van der Waals surface area contributed by atoms with Gasteiger partial charge < -0.3 is 4.90 Å². The first-order valence-corrected chi connectivity index (χ1v) is 9.81. The monoisotopic (exact) mass is 428 g/mol. The van der Waals surface area contributed by atoms with E-state index in [1.165, 1.54) is 27.4 Å². The fourth-order valence-electron chi connectivity index (χ4n) is 4.06. The van der Waals surface area contributed by atoms with Crippen LogP contribution in [0.3, 0.4) is 0 Å². The van der Waals surface area contributed by atoms with Crippen molar-refractivity contribution < 1.29 is 18.0 Å². The summed E-state index contributed by atoms with van der Waals surface area (Å²) in [6.45, 7) is 1.35. The Kier molecular flexibility index (Phi) is 4.96. The zero-order valence-electron chi connectivity index (χ0n) is 15.7. The number of aromatic nitrogens is 3. The van der Waals surface area contributed by atoms with E-state index in [1.807, 2.05) is 6.92 Å². The van der Waals surface area contributed by atoms with Crippen molar-refractivity contribution in [2.75, 3.05) is 13.1 Å². The number of halogens is 4. The molecule has 1 aromatic carbocycles. The lowest BCUT2D eigenvalue weighted by atomic mass is 9.93. The molecule has 0 aliphatic carbocycles. The summed E-state index contributed by atoms with van der Waals surface area (Å²) in [4.78, 5) is 27.0. The second-order valence-electron chi connectivity index (χ2n) is 7.90. The average molecular weight is 429 g/mol. The van der Waals surface area contributed by atoms with E-state index in [-0.39, 0.29) is 30.5 Å². The van der Waals surface area contributed by atoms with Crippen LogP contribution in [0.25, 0.3) is 0 Å². The minimum absolute atomic E-state index is 0.0248. The largest absolute Gasteiger partial charge is 0.346 e. The fraction of sp³-hybridized carbons (Fsp3) is 0.526. The molecule has 0 radical (unpaired) electrons. The summed E-state index contributed by atoms with van der Waals surface area (Å²) in [7, 11) is 0. The number of hydrogen-bond acceptors (Lipinski definition) is 3. The van der Waals surface area contributed by atoms with Gasteiger partial charge in [-0.05, 0) is 30.0 Å². The topological polar surface area (TPSA) is 60.1 Å². The molecule has 3 heterocycles. The third kappa shape index (κ3) is 3.80. The molecule has 2 atom stereocenters. The molecule has 2 aliphatic rings. The molecule has 10 heteroatoms. The van der Waals surface area contributed by atoms with Crippen molar-refractivity contribution in [2.45, 2.75) is 44.7 Å². The van der Waals surface area contributed by atoms with Crippen LogP contribution >= 0.6 is 11.6 Å². The first-order valence-electron chi connectivity index (χ1n) is 9.43. The second-order valence-corrected chi connectivity index (χ2v) is 8.31. The molecule has 2 aromatic rings. The minimum Gasteiger partial charge on any atom is -0.335 e. The van der Waals surface area contributed by atoms with Gasteiger partial charge in [-0.15, -0.1) is 0 Å². The van der Waals surface area contributed by atoms with E-state index in [0.717, 1.165) is 4.90 Å². The van der Waals surface area contributed by atoms with Crippen molar-refractivity contribution in [3.05, 3.63) is 50.9 Å². The van der Waals surface area contributed by atoms with Crippen molar-refractivity contribution in [3.63, 3.8) is 0 Å². The molecule has 0 spiro atoms. The van der Waals surface area contributed by atoms with Gasteiger partial charge in [0, 0.05) is 19.4 Å². The van der Waals surface area contributed by atoms with Crippen molar-refractivity contribution in [3.8, 4) is 0 Å². The van der Waals surface area contributed by atoms with E-state index < -0.39 is 35.9 Å². The summed E-state index contributed by atoms with van der Waals surface area (Å²) < 4.78 is 43.0. The van der Waals surface area contributed by atoms with Gasteiger partial charge in [-0.1, -0.05) is 24.6 Å². The van der Waals surface area contributed by atoms with Gasteiger partial charge in [0.15, 0.2) is 0 Å². The number of hydrogen-bond donors (Lipinski definition) is 0. The molecule has 2 aliphatic heterocycles. The number of rotatable bonds is 3. The Morgan fingerprint density at radius 1 is 1.38 bits per heavy atom. The van der Waals surface area contributed by atoms with Crippen LogP contribution in [0.1, 0.15) is 37.2 Å². The quantitative estimate of drug-likeness (QED) is 0.755. The Hall–Kier alpha value is -2.29. The summed E-state index contributed by atoms with van der Waals surface area (Å²) in [5.41, 5.74) is 0.0979. The third-order valence-electron chi connectivity index (χ3n) is 5.49. The number of carbonyl (C=O) groups is 1. The lowest BCUT2D eigenvalue weighted by molar-refractivity contribution is -0.136. The first kappa shape index (κ1) is 20.0. The molecule has 1 aromatic heterocycles. The van der Waals surface area contributed by atoms with Gasteiger partial charge in [0.05, 0.1) is 18.1 Å². The fourth-order valence-corrected chi connectivity index (χ4v) is 4.26.